The average Bonchev–Trinajstić information content (AvgIpc) is 3.18. The third kappa shape index (κ3) is 4.18. The Balaban J connectivity index is 1.58. The molecular weight excluding hydrogens is 324 g/mol. The highest BCUT2D eigenvalue weighted by molar-refractivity contribution is 7.15. The molecule has 0 radical (unpaired) electrons. The van der Waals surface area contributed by atoms with Crippen molar-refractivity contribution < 1.29 is 4.79 Å². The summed E-state index contributed by atoms with van der Waals surface area (Å²) in [6.45, 7) is 6.26. The Morgan fingerprint density at radius 3 is 3.04 bits per heavy atom. The highest BCUT2D eigenvalue weighted by Crippen LogP contribution is 2.23. The number of hydrogen-bond acceptors (Lipinski definition) is 6. The normalized spacial score (nSPS) is 18.7. The Hall–Kier alpha value is -1.80. The lowest BCUT2D eigenvalue weighted by molar-refractivity contribution is -0.118. The quantitative estimate of drug-likeness (QED) is 0.865. The summed E-state index contributed by atoms with van der Waals surface area (Å²) in [7, 11) is 0. The zero-order valence-corrected chi connectivity index (χ0v) is 15.1. The van der Waals surface area contributed by atoms with Crippen molar-refractivity contribution in [1.82, 2.24) is 24.6 Å². The Labute approximate surface area is 146 Å². The third-order valence-corrected chi connectivity index (χ3v) is 5.36. The molecule has 130 valence electrons. The second-order valence-electron chi connectivity index (χ2n) is 6.16. The minimum Gasteiger partial charge on any atom is -0.301 e. The van der Waals surface area contributed by atoms with E-state index in [-0.39, 0.29) is 5.91 Å². The molecule has 1 saturated heterocycles. The fourth-order valence-corrected chi connectivity index (χ4v) is 4.09. The molecule has 2 aromatic heterocycles. The highest BCUT2D eigenvalue weighted by Gasteiger charge is 2.25. The molecule has 1 aliphatic rings. The van der Waals surface area contributed by atoms with E-state index in [1.54, 1.807) is 24.0 Å². The number of carbonyl (C=O) groups is 1. The first-order valence-electron chi connectivity index (χ1n) is 8.48. The van der Waals surface area contributed by atoms with Crippen LogP contribution < -0.4 is 5.32 Å². The summed E-state index contributed by atoms with van der Waals surface area (Å²) in [4.78, 5) is 24.3. The van der Waals surface area contributed by atoms with Gasteiger partial charge in [0.05, 0.1) is 18.8 Å². The van der Waals surface area contributed by atoms with Gasteiger partial charge in [-0.15, -0.1) is 11.3 Å². The van der Waals surface area contributed by atoms with Crippen LogP contribution in [-0.2, 0) is 17.8 Å². The summed E-state index contributed by atoms with van der Waals surface area (Å²) in [6, 6.07) is 0.329. The van der Waals surface area contributed by atoms with Crippen molar-refractivity contribution in [3.05, 3.63) is 23.2 Å². The van der Waals surface area contributed by atoms with Crippen LogP contribution >= 0.6 is 11.3 Å². The van der Waals surface area contributed by atoms with E-state index in [2.05, 4.69) is 32.2 Å². The molecule has 24 heavy (non-hydrogen) atoms. The van der Waals surface area contributed by atoms with Crippen molar-refractivity contribution in [2.45, 2.75) is 52.1 Å². The molecule has 1 unspecified atom stereocenters. The van der Waals surface area contributed by atoms with Gasteiger partial charge in [0.25, 0.3) is 0 Å². The van der Waals surface area contributed by atoms with Gasteiger partial charge in [-0.1, -0.05) is 13.3 Å². The largest absolute Gasteiger partial charge is 0.301 e. The fourth-order valence-electron chi connectivity index (χ4n) is 3.17. The van der Waals surface area contributed by atoms with Gasteiger partial charge in [-0.2, -0.15) is 5.10 Å². The summed E-state index contributed by atoms with van der Waals surface area (Å²) in [5.41, 5.74) is 1.07. The number of likely N-dealkylation sites (tertiary alicyclic amines) is 1. The summed E-state index contributed by atoms with van der Waals surface area (Å²) in [6.07, 6.45) is 7.60. The minimum atomic E-state index is 0.0110. The molecule has 0 saturated carbocycles. The van der Waals surface area contributed by atoms with Gasteiger partial charge in [-0.05, 0) is 32.7 Å². The predicted molar refractivity (Wildman–Crippen MR) is 94.1 cm³/mol. The van der Waals surface area contributed by atoms with Crippen LogP contribution in [0, 0.1) is 6.92 Å². The van der Waals surface area contributed by atoms with Crippen LogP contribution in [-0.4, -0.2) is 49.7 Å². The number of aryl methyl sites for hydroxylation is 2. The van der Waals surface area contributed by atoms with Crippen LogP contribution in [0.15, 0.2) is 12.7 Å². The maximum atomic E-state index is 12.4. The number of aromatic nitrogens is 4. The van der Waals surface area contributed by atoms with Crippen LogP contribution in [0.3, 0.4) is 0 Å². The molecule has 3 rings (SSSR count). The van der Waals surface area contributed by atoms with Gasteiger partial charge in [-0.25, -0.2) is 9.97 Å². The van der Waals surface area contributed by atoms with Gasteiger partial charge < -0.3 is 5.32 Å². The number of anilines is 1. The molecule has 1 N–H and O–H groups in total. The number of nitrogens with zero attached hydrogens (tertiary/aromatic N) is 5. The van der Waals surface area contributed by atoms with E-state index in [9.17, 15) is 4.79 Å². The Bertz CT molecular complexity index is 668. The van der Waals surface area contributed by atoms with Gasteiger partial charge >= 0.3 is 0 Å². The predicted octanol–water partition coefficient (Wildman–Crippen LogP) is 2.10. The molecule has 0 bridgehead atoms. The van der Waals surface area contributed by atoms with Crippen molar-refractivity contribution >= 4 is 22.4 Å². The second-order valence-corrected chi connectivity index (χ2v) is 7.36. The van der Waals surface area contributed by atoms with Crippen molar-refractivity contribution in [2.24, 2.45) is 0 Å². The molecule has 8 heteroatoms. The Morgan fingerprint density at radius 1 is 1.46 bits per heavy atom. The molecule has 0 aliphatic carbocycles. The minimum absolute atomic E-state index is 0.0110. The van der Waals surface area contributed by atoms with Crippen LogP contribution in [0.4, 0.5) is 5.13 Å². The third-order valence-electron chi connectivity index (χ3n) is 4.43. The van der Waals surface area contributed by atoms with Crippen LogP contribution in [0.5, 0.6) is 0 Å². The SMILES string of the molecule is CCc1nc(NC(=O)CN2CCCCC2Cn2cncn2)sc1C. The van der Waals surface area contributed by atoms with Crippen LogP contribution in [0.2, 0.25) is 0 Å². The molecular formula is C16H24N6OS. The smallest absolute Gasteiger partial charge is 0.240 e. The van der Waals surface area contributed by atoms with E-state index in [0.717, 1.165) is 38.0 Å². The molecule has 1 atom stereocenters. The number of amides is 1. The van der Waals surface area contributed by atoms with Crippen molar-refractivity contribution in [2.75, 3.05) is 18.4 Å². The molecule has 0 spiro atoms. The zero-order chi connectivity index (χ0) is 16.9. The standard InChI is InChI=1S/C16H24N6OS/c1-3-14-12(2)24-16(19-14)20-15(23)9-21-7-5-4-6-13(21)8-22-11-17-10-18-22/h10-11,13H,3-9H2,1-2H3,(H,19,20,23). The number of nitrogens with one attached hydrogen (secondary N) is 1. The lowest BCUT2D eigenvalue weighted by Gasteiger charge is -2.34. The summed E-state index contributed by atoms with van der Waals surface area (Å²) in [5.74, 6) is 0.0110. The summed E-state index contributed by atoms with van der Waals surface area (Å²) in [5, 5.41) is 7.85. The van der Waals surface area contributed by atoms with Crippen molar-refractivity contribution in [3.8, 4) is 0 Å². The fraction of sp³-hybridized carbons (Fsp3) is 0.625. The first-order valence-corrected chi connectivity index (χ1v) is 9.30. The number of carbonyl (C=O) groups excluding carboxylic acids is 1. The zero-order valence-electron chi connectivity index (χ0n) is 14.2. The van der Waals surface area contributed by atoms with Gasteiger partial charge in [-0.3, -0.25) is 14.4 Å². The van der Waals surface area contributed by atoms with Crippen molar-refractivity contribution in [1.29, 1.82) is 0 Å². The lowest BCUT2D eigenvalue weighted by Crippen LogP contribution is -2.46. The number of hydrogen-bond donors (Lipinski definition) is 1. The van der Waals surface area contributed by atoms with Crippen molar-refractivity contribution in [3.63, 3.8) is 0 Å². The van der Waals surface area contributed by atoms with E-state index < -0.39 is 0 Å². The van der Waals surface area contributed by atoms with Gasteiger partial charge in [0.2, 0.25) is 5.91 Å². The first kappa shape index (κ1) is 17.0. The number of thiazole rings is 1. The monoisotopic (exact) mass is 348 g/mol. The van der Waals surface area contributed by atoms with E-state index in [1.165, 1.54) is 11.3 Å². The maximum absolute atomic E-state index is 12.4. The second kappa shape index (κ2) is 7.85. The van der Waals surface area contributed by atoms with Gasteiger partial charge in [0, 0.05) is 10.9 Å². The molecule has 1 fully saturated rings. The van der Waals surface area contributed by atoms with Gasteiger partial charge in [0.15, 0.2) is 5.13 Å². The van der Waals surface area contributed by atoms with Crippen LogP contribution in [0.1, 0.15) is 36.8 Å². The van der Waals surface area contributed by atoms with E-state index in [0.29, 0.717) is 17.7 Å². The summed E-state index contributed by atoms with van der Waals surface area (Å²) >= 11 is 1.55. The highest BCUT2D eigenvalue weighted by atomic mass is 32.1. The van der Waals surface area contributed by atoms with E-state index in [1.807, 2.05) is 11.6 Å². The number of rotatable bonds is 6. The van der Waals surface area contributed by atoms with E-state index in [4.69, 9.17) is 0 Å². The topological polar surface area (TPSA) is 75.9 Å². The van der Waals surface area contributed by atoms with Gasteiger partial charge in [0.1, 0.15) is 12.7 Å². The molecule has 1 aliphatic heterocycles. The maximum Gasteiger partial charge on any atom is 0.240 e. The lowest BCUT2D eigenvalue weighted by atomic mass is 10.0. The number of piperidine rings is 1. The van der Waals surface area contributed by atoms with Crippen LogP contribution in [0.25, 0.3) is 0 Å². The molecule has 7 nitrogen and oxygen atoms in total. The summed E-state index contributed by atoms with van der Waals surface area (Å²) < 4.78 is 1.85. The Kier molecular flexibility index (Phi) is 5.57. The average molecular weight is 348 g/mol. The Morgan fingerprint density at radius 2 is 2.33 bits per heavy atom. The molecule has 3 heterocycles. The molecule has 0 aromatic carbocycles. The first-order chi connectivity index (χ1) is 11.7. The molecule has 2 aromatic rings. The molecule has 1 amide bonds. The van der Waals surface area contributed by atoms with E-state index >= 15 is 0 Å².